The van der Waals surface area contributed by atoms with Crippen LogP contribution in [0.4, 0.5) is 0 Å². The summed E-state index contributed by atoms with van der Waals surface area (Å²) in [7, 11) is 0. The zero-order valence-corrected chi connectivity index (χ0v) is 8.52. The first kappa shape index (κ1) is 9.78. The van der Waals surface area contributed by atoms with Crippen molar-refractivity contribution in [2.45, 2.75) is 20.8 Å². The van der Waals surface area contributed by atoms with Crippen LogP contribution in [0, 0.1) is 5.92 Å². The molecular formula is C11H16N2. The van der Waals surface area contributed by atoms with Crippen molar-refractivity contribution in [3.63, 3.8) is 0 Å². The maximum Gasteiger partial charge on any atom is 0.0930 e. The first-order valence-electron chi connectivity index (χ1n) is 4.42. The molecule has 1 rings (SSSR count). The molecule has 0 fully saturated rings. The lowest BCUT2D eigenvalue weighted by atomic mass is 9.97. The normalized spacial score (nSPS) is 16.5. The van der Waals surface area contributed by atoms with Crippen molar-refractivity contribution in [1.82, 2.24) is 5.32 Å². The van der Waals surface area contributed by atoms with E-state index >= 15 is 0 Å². The number of hydrogen-bond donors (Lipinski definition) is 1. The molecule has 0 aromatic rings. The van der Waals surface area contributed by atoms with E-state index in [9.17, 15) is 0 Å². The van der Waals surface area contributed by atoms with Gasteiger partial charge in [-0.15, -0.1) is 0 Å². The van der Waals surface area contributed by atoms with Gasteiger partial charge in [-0.25, -0.2) is 4.99 Å². The number of allylic oxidation sites excluding steroid dienone is 2. The quantitative estimate of drug-likeness (QED) is 0.687. The highest BCUT2D eigenvalue weighted by Crippen LogP contribution is 2.25. The van der Waals surface area contributed by atoms with Gasteiger partial charge in [0.1, 0.15) is 0 Å². The molecule has 1 aliphatic rings. The summed E-state index contributed by atoms with van der Waals surface area (Å²) in [5.41, 5.74) is 4.03. The van der Waals surface area contributed by atoms with Crippen molar-refractivity contribution in [2.24, 2.45) is 10.9 Å². The van der Waals surface area contributed by atoms with Gasteiger partial charge in [0, 0.05) is 5.70 Å². The Balaban J connectivity index is 3.03. The van der Waals surface area contributed by atoms with Gasteiger partial charge in [0.15, 0.2) is 0 Å². The lowest BCUT2D eigenvalue weighted by Crippen LogP contribution is -2.17. The van der Waals surface area contributed by atoms with Crippen molar-refractivity contribution >= 4 is 6.34 Å². The minimum absolute atomic E-state index is 0.424. The summed E-state index contributed by atoms with van der Waals surface area (Å²) < 4.78 is 0. The molecule has 70 valence electrons. The first-order chi connectivity index (χ1) is 6.04. The van der Waals surface area contributed by atoms with Crippen LogP contribution in [0.25, 0.3) is 0 Å². The van der Waals surface area contributed by atoms with Crippen molar-refractivity contribution in [2.75, 3.05) is 0 Å². The third kappa shape index (κ3) is 1.89. The fraction of sp³-hybridized carbons (Fsp3) is 0.364. The van der Waals surface area contributed by atoms with Gasteiger partial charge in [0.2, 0.25) is 0 Å². The Morgan fingerprint density at radius 3 is 2.69 bits per heavy atom. The Labute approximate surface area is 79.8 Å². The maximum atomic E-state index is 4.27. The molecule has 0 atom stereocenters. The highest BCUT2D eigenvalue weighted by Gasteiger charge is 2.13. The Morgan fingerprint density at radius 1 is 1.54 bits per heavy atom. The molecule has 0 aliphatic carbocycles. The molecule has 2 nitrogen and oxygen atoms in total. The number of nitrogens with one attached hydrogen (secondary N) is 1. The summed E-state index contributed by atoms with van der Waals surface area (Å²) in [6.45, 7) is 14.1. The minimum atomic E-state index is 0.424. The zero-order chi connectivity index (χ0) is 10.0. The van der Waals surface area contributed by atoms with Crippen molar-refractivity contribution in [3.8, 4) is 0 Å². The van der Waals surface area contributed by atoms with Crippen LogP contribution in [0.1, 0.15) is 20.8 Å². The van der Waals surface area contributed by atoms with Crippen LogP contribution in [0.5, 0.6) is 0 Å². The van der Waals surface area contributed by atoms with Gasteiger partial charge in [0.25, 0.3) is 0 Å². The number of aliphatic imine (C=N–C) groups is 1. The van der Waals surface area contributed by atoms with Gasteiger partial charge >= 0.3 is 0 Å². The third-order valence-corrected chi connectivity index (χ3v) is 2.24. The molecule has 0 radical (unpaired) electrons. The Kier molecular flexibility index (Phi) is 2.71. The molecule has 13 heavy (non-hydrogen) atoms. The molecule has 0 spiro atoms. The van der Waals surface area contributed by atoms with E-state index in [1.807, 2.05) is 6.92 Å². The largest absolute Gasteiger partial charge is 0.347 e. The van der Waals surface area contributed by atoms with Gasteiger partial charge in [-0.2, -0.15) is 0 Å². The fourth-order valence-electron chi connectivity index (χ4n) is 1.12. The summed E-state index contributed by atoms with van der Waals surface area (Å²) in [4.78, 5) is 4.27. The van der Waals surface area contributed by atoms with E-state index < -0.39 is 0 Å². The molecule has 0 amide bonds. The molecule has 1 aliphatic heterocycles. The number of rotatable bonds is 2. The third-order valence-electron chi connectivity index (χ3n) is 2.24. The van der Waals surface area contributed by atoms with E-state index in [1.165, 1.54) is 0 Å². The second kappa shape index (κ2) is 3.60. The molecule has 0 aromatic carbocycles. The minimum Gasteiger partial charge on any atom is -0.347 e. The van der Waals surface area contributed by atoms with Crippen molar-refractivity contribution < 1.29 is 0 Å². The monoisotopic (exact) mass is 176 g/mol. The topological polar surface area (TPSA) is 24.4 Å². The molecule has 0 saturated heterocycles. The highest BCUT2D eigenvalue weighted by molar-refractivity contribution is 5.66. The van der Waals surface area contributed by atoms with Gasteiger partial charge in [-0.3, -0.25) is 0 Å². The van der Waals surface area contributed by atoms with Gasteiger partial charge in [0.05, 0.1) is 12.0 Å². The summed E-state index contributed by atoms with van der Waals surface area (Å²) >= 11 is 0. The predicted molar refractivity (Wildman–Crippen MR) is 57.4 cm³/mol. The van der Waals surface area contributed by atoms with E-state index in [4.69, 9.17) is 0 Å². The van der Waals surface area contributed by atoms with Crippen molar-refractivity contribution in [3.05, 3.63) is 35.7 Å². The van der Waals surface area contributed by atoms with Crippen LogP contribution in [-0.4, -0.2) is 6.34 Å². The molecule has 1 N–H and O–H groups in total. The molecule has 0 aromatic heterocycles. The summed E-state index contributed by atoms with van der Waals surface area (Å²) in [6, 6.07) is 0. The second-order valence-corrected chi connectivity index (χ2v) is 3.53. The van der Waals surface area contributed by atoms with Crippen LogP contribution < -0.4 is 5.32 Å². The van der Waals surface area contributed by atoms with Gasteiger partial charge < -0.3 is 5.32 Å². The van der Waals surface area contributed by atoms with Crippen molar-refractivity contribution in [1.29, 1.82) is 0 Å². The molecule has 2 heteroatoms. The van der Waals surface area contributed by atoms with E-state index in [0.717, 1.165) is 22.5 Å². The maximum absolute atomic E-state index is 4.27. The van der Waals surface area contributed by atoms with Gasteiger partial charge in [-0.05, 0) is 24.0 Å². The predicted octanol–water partition coefficient (Wildman–Crippen LogP) is 2.62. The van der Waals surface area contributed by atoms with Crippen LogP contribution in [-0.2, 0) is 0 Å². The fourth-order valence-corrected chi connectivity index (χ4v) is 1.12. The molecular weight excluding hydrogens is 160 g/mol. The van der Waals surface area contributed by atoms with Gasteiger partial charge in [-0.1, -0.05) is 27.0 Å². The summed E-state index contributed by atoms with van der Waals surface area (Å²) in [5.74, 6) is 0.424. The van der Waals surface area contributed by atoms with E-state index in [-0.39, 0.29) is 0 Å². The Bertz CT molecular complexity index is 306. The highest BCUT2D eigenvalue weighted by atomic mass is 15.0. The standard InChI is InChI=1S/C11H16N2/c1-7(2)8(3)11-9(4)10(5)12-6-13-11/h6-7H,3,5H2,1-2,4H3,(H,12,13). The lowest BCUT2D eigenvalue weighted by molar-refractivity contribution is 0.772. The Hall–Kier alpha value is -1.31. The Morgan fingerprint density at radius 2 is 2.15 bits per heavy atom. The van der Waals surface area contributed by atoms with Crippen LogP contribution in [0.2, 0.25) is 0 Å². The van der Waals surface area contributed by atoms with Crippen LogP contribution in [0.3, 0.4) is 0 Å². The average Bonchev–Trinajstić information content (AvgIpc) is 2.08. The average molecular weight is 176 g/mol. The first-order valence-corrected chi connectivity index (χ1v) is 4.42. The van der Waals surface area contributed by atoms with Crippen LogP contribution >= 0.6 is 0 Å². The lowest BCUT2D eigenvalue weighted by Gasteiger charge is -2.18. The van der Waals surface area contributed by atoms with E-state index in [1.54, 1.807) is 6.34 Å². The number of hydrogen-bond acceptors (Lipinski definition) is 2. The molecule has 1 heterocycles. The molecule has 0 unspecified atom stereocenters. The SMILES string of the molecule is C=C1NC=NC(C(=C)C(C)C)=C1C. The van der Waals surface area contributed by atoms with Crippen LogP contribution in [0.15, 0.2) is 40.7 Å². The summed E-state index contributed by atoms with van der Waals surface area (Å²) in [6.07, 6.45) is 1.66. The zero-order valence-electron chi connectivity index (χ0n) is 8.52. The summed E-state index contributed by atoms with van der Waals surface area (Å²) in [5, 5.41) is 2.97. The second-order valence-electron chi connectivity index (χ2n) is 3.53. The van der Waals surface area contributed by atoms with E-state index in [2.05, 4.69) is 37.3 Å². The number of nitrogens with zero attached hydrogens (tertiary/aromatic N) is 1. The molecule has 0 saturated carbocycles. The van der Waals surface area contributed by atoms with E-state index in [0.29, 0.717) is 5.92 Å². The smallest absolute Gasteiger partial charge is 0.0930 e. The molecule has 0 bridgehead atoms.